The van der Waals surface area contributed by atoms with Crippen LogP contribution in [-0.2, 0) is 13.0 Å². The highest BCUT2D eigenvalue weighted by Crippen LogP contribution is 2.41. The van der Waals surface area contributed by atoms with E-state index < -0.39 is 0 Å². The standard InChI is InChI=1S/C24H25N3O2/c28-22-8-5-18-17(22)4-7-21-23(18)19-15-16(24-25-9-14-29-24)3-6-20(19)27(21)13-12-26-10-1-2-11-26/h3-4,6-7,9,14-15,22,28H,1-2,5,8,10-13H2. The van der Waals surface area contributed by atoms with Gasteiger partial charge in [-0.2, -0.15) is 0 Å². The largest absolute Gasteiger partial charge is 0.445 e. The molecule has 0 bridgehead atoms. The molecule has 5 nitrogen and oxygen atoms in total. The van der Waals surface area contributed by atoms with E-state index in [1.165, 1.54) is 53.3 Å². The maximum Gasteiger partial charge on any atom is 0.225 e. The summed E-state index contributed by atoms with van der Waals surface area (Å²) in [5.41, 5.74) is 5.93. The third kappa shape index (κ3) is 2.72. The molecule has 1 atom stereocenters. The van der Waals surface area contributed by atoms with E-state index >= 15 is 0 Å². The van der Waals surface area contributed by atoms with Crippen LogP contribution < -0.4 is 0 Å². The summed E-state index contributed by atoms with van der Waals surface area (Å²) < 4.78 is 8.01. The number of likely N-dealkylation sites (tertiary alicyclic amines) is 1. The average Bonchev–Trinajstić information content (AvgIpc) is 3.53. The highest BCUT2D eigenvalue weighted by atomic mass is 16.3. The van der Waals surface area contributed by atoms with E-state index in [0.29, 0.717) is 5.89 Å². The van der Waals surface area contributed by atoms with Crippen LogP contribution >= 0.6 is 0 Å². The third-order valence-corrected chi connectivity index (χ3v) is 6.72. The lowest BCUT2D eigenvalue weighted by Crippen LogP contribution is -2.24. The van der Waals surface area contributed by atoms with Crippen LogP contribution in [0.3, 0.4) is 0 Å². The summed E-state index contributed by atoms with van der Waals surface area (Å²) in [4.78, 5) is 6.90. The minimum Gasteiger partial charge on any atom is -0.445 e. The Balaban J connectivity index is 1.55. The van der Waals surface area contributed by atoms with Crippen molar-refractivity contribution in [3.8, 4) is 11.5 Å². The smallest absolute Gasteiger partial charge is 0.225 e. The summed E-state index contributed by atoms with van der Waals surface area (Å²) in [5, 5.41) is 13.0. The van der Waals surface area contributed by atoms with E-state index in [0.717, 1.165) is 37.1 Å². The molecule has 1 saturated heterocycles. The predicted molar refractivity (Wildman–Crippen MR) is 114 cm³/mol. The number of aromatic nitrogens is 2. The van der Waals surface area contributed by atoms with Crippen LogP contribution in [-0.4, -0.2) is 39.2 Å². The second-order valence-electron chi connectivity index (χ2n) is 8.35. The molecule has 1 aliphatic carbocycles. The summed E-state index contributed by atoms with van der Waals surface area (Å²) >= 11 is 0. The summed E-state index contributed by atoms with van der Waals surface area (Å²) in [5.74, 6) is 0.650. The second-order valence-corrected chi connectivity index (χ2v) is 8.35. The fraction of sp³-hybridized carbons (Fsp3) is 0.375. The number of aliphatic hydroxyl groups is 1. The van der Waals surface area contributed by atoms with Crippen LogP contribution in [0.15, 0.2) is 47.2 Å². The Hall–Kier alpha value is -2.63. The van der Waals surface area contributed by atoms with Crippen molar-refractivity contribution >= 4 is 21.8 Å². The second kappa shape index (κ2) is 6.71. The van der Waals surface area contributed by atoms with Crippen LogP contribution in [0.4, 0.5) is 0 Å². The Morgan fingerprint density at radius 2 is 1.93 bits per heavy atom. The van der Waals surface area contributed by atoms with Gasteiger partial charge in [0.1, 0.15) is 6.26 Å². The molecule has 148 valence electrons. The number of oxazole rings is 1. The molecule has 0 spiro atoms. The number of nitrogens with zero attached hydrogens (tertiary/aromatic N) is 3. The minimum absolute atomic E-state index is 0.340. The van der Waals surface area contributed by atoms with Gasteiger partial charge in [0.2, 0.25) is 5.89 Å². The molecule has 1 N–H and O–H groups in total. The molecule has 1 aliphatic heterocycles. The van der Waals surface area contributed by atoms with Crippen LogP contribution in [0, 0.1) is 0 Å². The molecule has 0 radical (unpaired) electrons. The zero-order valence-electron chi connectivity index (χ0n) is 16.5. The van der Waals surface area contributed by atoms with E-state index in [9.17, 15) is 5.11 Å². The molecule has 2 aliphatic rings. The molecule has 2 aromatic carbocycles. The molecule has 6 rings (SSSR count). The minimum atomic E-state index is -0.340. The molecule has 5 heteroatoms. The lowest BCUT2D eigenvalue weighted by atomic mass is 10.0. The fourth-order valence-corrected chi connectivity index (χ4v) is 5.28. The zero-order valence-corrected chi connectivity index (χ0v) is 16.5. The van der Waals surface area contributed by atoms with Gasteiger partial charge >= 0.3 is 0 Å². The lowest BCUT2D eigenvalue weighted by Gasteiger charge is -2.16. The Kier molecular flexibility index (Phi) is 3.99. The maximum atomic E-state index is 10.4. The first-order valence-corrected chi connectivity index (χ1v) is 10.7. The van der Waals surface area contributed by atoms with E-state index in [2.05, 4.69) is 44.8 Å². The van der Waals surface area contributed by atoms with Crippen molar-refractivity contribution < 1.29 is 9.52 Å². The van der Waals surface area contributed by atoms with Gasteiger partial charge < -0.3 is 19.0 Å². The summed E-state index contributed by atoms with van der Waals surface area (Å²) in [6.45, 7) is 4.50. The fourth-order valence-electron chi connectivity index (χ4n) is 5.28. The first kappa shape index (κ1) is 17.2. The van der Waals surface area contributed by atoms with E-state index in [1.54, 1.807) is 12.5 Å². The molecule has 4 aromatic rings. The molecule has 29 heavy (non-hydrogen) atoms. The molecule has 2 aromatic heterocycles. The molecule has 3 heterocycles. The van der Waals surface area contributed by atoms with Crippen molar-refractivity contribution in [2.45, 2.75) is 38.3 Å². The van der Waals surface area contributed by atoms with Crippen molar-refractivity contribution in [2.24, 2.45) is 0 Å². The van der Waals surface area contributed by atoms with Gasteiger partial charge in [0, 0.05) is 40.5 Å². The number of aryl methyl sites for hydroxylation is 1. The average molecular weight is 387 g/mol. The van der Waals surface area contributed by atoms with Crippen molar-refractivity contribution in [3.63, 3.8) is 0 Å². The quantitative estimate of drug-likeness (QED) is 0.559. The van der Waals surface area contributed by atoms with Gasteiger partial charge in [-0.05, 0) is 74.2 Å². The van der Waals surface area contributed by atoms with Gasteiger partial charge in [0.25, 0.3) is 0 Å². The van der Waals surface area contributed by atoms with Crippen LogP contribution in [0.1, 0.15) is 36.5 Å². The van der Waals surface area contributed by atoms with E-state index in [-0.39, 0.29) is 6.10 Å². The Morgan fingerprint density at radius 3 is 2.76 bits per heavy atom. The van der Waals surface area contributed by atoms with Gasteiger partial charge in [-0.1, -0.05) is 6.07 Å². The number of aliphatic hydroxyl groups excluding tert-OH is 1. The number of fused-ring (bicyclic) bond motifs is 5. The van der Waals surface area contributed by atoms with Gasteiger partial charge in [-0.15, -0.1) is 0 Å². The lowest BCUT2D eigenvalue weighted by molar-refractivity contribution is 0.180. The van der Waals surface area contributed by atoms with Crippen LogP contribution in [0.2, 0.25) is 0 Å². The Morgan fingerprint density at radius 1 is 1.07 bits per heavy atom. The topological polar surface area (TPSA) is 54.4 Å². The van der Waals surface area contributed by atoms with Gasteiger partial charge in [-0.3, -0.25) is 0 Å². The molecule has 1 unspecified atom stereocenters. The van der Waals surface area contributed by atoms with Crippen LogP contribution in [0.25, 0.3) is 33.3 Å². The van der Waals surface area contributed by atoms with Crippen LogP contribution in [0.5, 0.6) is 0 Å². The SMILES string of the molecule is OC1CCc2c1ccc1c2c2cc(-c3ncco3)ccc2n1CCN1CCCC1. The molecule has 0 amide bonds. The molecule has 0 saturated carbocycles. The number of benzene rings is 2. The monoisotopic (exact) mass is 387 g/mol. The molecular weight excluding hydrogens is 362 g/mol. The van der Waals surface area contributed by atoms with E-state index in [4.69, 9.17) is 4.42 Å². The summed E-state index contributed by atoms with van der Waals surface area (Å²) in [6, 6.07) is 10.9. The third-order valence-electron chi connectivity index (χ3n) is 6.72. The van der Waals surface area contributed by atoms with Gasteiger partial charge in [-0.25, -0.2) is 4.98 Å². The van der Waals surface area contributed by atoms with Gasteiger partial charge in [0.05, 0.1) is 12.3 Å². The first-order chi connectivity index (χ1) is 14.3. The van der Waals surface area contributed by atoms with E-state index in [1.807, 2.05) is 0 Å². The van der Waals surface area contributed by atoms with Crippen molar-refractivity contribution in [1.82, 2.24) is 14.5 Å². The molecule has 1 fully saturated rings. The summed E-state index contributed by atoms with van der Waals surface area (Å²) in [6.07, 6.45) is 7.35. The highest BCUT2D eigenvalue weighted by Gasteiger charge is 2.25. The maximum absolute atomic E-state index is 10.4. The highest BCUT2D eigenvalue weighted by molar-refractivity contribution is 6.11. The Bertz CT molecular complexity index is 1190. The zero-order chi connectivity index (χ0) is 19.4. The predicted octanol–water partition coefficient (Wildman–Crippen LogP) is 4.52. The number of hydrogen-bond acceptors (Lipinski definition) is 4. The number of hydrogen-bond donors (Lipinski definition) is 1. The molecular formula is C24H25N3O2. The normalized spacial score (nSPS) is 19.6. The van der Waals surface area contributed by atoms with Crippen molar-refractivity contribution in [3.05, 3.63) is 53.9 Å². The van der Waals surface area contributed by atoms with Crippen molar-refractivity contribution in [2.75, 3.05) is 19.6 Å². The first-order valence-electron chi connectivity index (χ1n) is 10.7. The van der Waals surface area contributed by atoms with Crippen molar-refractivity contribution in [1.29, 1.82) is 0 Å². The Labute approximate surface area is 169 Å². The summed E-state index contributed by atoms with van der Waals surface area (Å²) in [7, 11) is 0. The van der Waals surface area contributed by atoms with Gasteiger partial charge in [0.15, 0.2) is 0 Å². The number of rotatable bonds is 4.